The molecule has 0 aliphatic carbocycles. The van der Waals surface area contributed by atoms with Crippen molar-refractivity contribution in [2.24, 2.45) is 0 Å². The van der Waals surface area contributed by atoms with Gasteiger partial charge in [-0.2, -0.15) is 0 Å². The van der Waals surface area contributed by atoms with Crippen molar-refractivity contribution in [3.63, 3.8) is 0 Å². The third kappa shape index (κ3) is 5.42. The lowest BCUT2D eigenvalue weighted by Crippen LogP contribution is -2.48. The molecule has 1 amide bonds. The van der Waals surface area contributed by atoms with Gasteiger partial charge in [0.25, 0.3) is 5.91 Å². The molecule has 2 aliphatic heterocycles. The molecule has 2 unspecified atom stereocenters. The van der Waals surface area contributed by atoms with Crippen LogP contribution in [0.3, 0.4) is 0 Å². The summed E-state index contributed by atoms with van der Waals surface area (Å²) in [5.74, 6) is 1.01. The second-order valence-electron chi connectivity index (χ2n) is 7.35. The Morgan fingerprint density at radius 1 is 1.21 bits per heavy atom. The number of hydrogen-bond acceptors (Lipinski definition) is 5. The van der Waals surface area contributed by atoms with E-state index in [1.165, 1.54) is 17.7 Å². The fourth-order valence-electron chi connectivity index (χ4n) is 4.04. The fourth-order valence-corrected chi connectivity index (χ4v) is 5.55. The normalized spacial score (nSPS) is 22.9. The van der Waals surface area contributed by atoms with Gasteiger partial charge in [-0.1, -0.05) is 0 Å². The van der Waals surface area contributed by atoms with Gasteiger partial charge in [0.15, 0.2) is 0 Å². The predicted octanol–water partition coefficient (Wildman–Crippen LogP) is 4.94. The van der Waals surface area contributed by atoms with Crippen molar-refractivity contribution in [3.05, 3.63) is 45.9 Å². The Labute approximate surface area is 187 Å². The Morgan fingerprint density at radius 3 is 2.43 bits per heavy atom. The second kappa shape index (κ2) is 10.3. The highest BCUT2D eigenvalue weighted by atomic mass is 35.5. The molecule has 3 heterocycles. The number of halogens is 2. The Balaban J connectivity index is 0.00000140. The van der Waals surface area contributed by atoms with Crippen LogP contribution < -0.4 is 5.32 Å². The van der Waals surface area contributed by atoms with Crippen LogP contribution in [0.2, 0.25) is 0 Å². The number of aryl methyl sites for hydroxylation is 1. The molecule has 1 aromatic heterocycles. The summed E-state index contributed by atoms with van der Waals surface area (Å²) in [6.45, 7) is 2.03. The third-order valence-corrected chi connectivity index (χ3v) is 7.34. The number of carbonyl (C=O) groups excluding carboxylic acids is 1. The molecule has 4 rings (SSSR count). The van der Waals surface area contributed by atoms with Crippen molar-refractivity contribution in [3.8, 4) is 0 Å². The van der Waals surface area contributed by atoms with Crippen LogP contribution in [-0.2, 0) is 5.75 Å². The van der Waals surface area contributed by atoms with Crippen molar-refractivity contribution >= 4 is 53.8 Å². The van der Waals surface area contributed by atoms with Gasteiger partial charge < -0.3 is 10.2 Å². The lowest BCUT2D eigenvalue weighted by molar-refractivity contribution is 0.0681. The zero-order chi connectivity index (χ0) is 18.1. The fraction of sp³-hybridized carbons (Fsp3) is 0.500. The molecular formula is C20H27Cl2N3OS2. The number of rotatable bonds is 5. The third-order valence-electron chi connectivity index (χ3n) is 5.47. The largest absolute Gasteiger partial charge is 0.339 e. The summed E-state index contributed by atoms with van der Waals surface area (Å²) in [7, 11) is 1.96. The van der Waals surface area contributed by atoms with Gasteiger partial charge in [-0.15, -0.1) is 47.9 Å². The maximum Gasteiger partial charge on any atom is 0.253 e. The summed E-state index contributed by atoms with van der Waals surface area (Å²) in [6, 6.07) is 9.59. The molecule has 1 aromatic carbocycles. The van der Waals surface area contributed by atoms with Crippen LogP contribution in [-0.4, -0.2) is 41.0 Å². The SMILES string of the molecule is Cc1nc(CSc2ccc(C(=O)N(C)C3CC4CCC(C3)N4)cc2)cs1.Cl.Cl. The zero-order valence-corrected chi connectivity index (χ0v) is 19.4. The second-order valence-corrected chi connectivity index (χ2v) is 9.46. The number of thiazole rings is 1. The molecule has 2 saturated heterocycles. The molecule has 2 atom stereocenters. The number of benzene rings is 1. The van der Waals surface area contributed by atoms with Crippen LogP contribution in [0.4, 0.5) is 0 Å². The Morgan fingerprint density at radius 2 is 1.86 bits per heavy atom. The molecular weight excluding hydrogens is 433 g/mol. The number of nitrogens with one attached hydrogen (secondary N) is 1. The predicted molar refractivity (Wildman–Crippen MR) is 122 cm³/mol. The van der Waals surface area contributed by atoms with E-state index in [2.05, 4.69) is 27.8 Å². The van der Waals surface area contributed by atoms with E-state index in [1.807, 2.05) is 31.0 Å². The maximum absolute atomic E-state index is 12.9. The lowest BCUT2D eigenvalue weighted by atomic mass is 9.98. The highest BCUT2D eigenvalue weighted by Crippen LogP contribution is 2.30. The standard InChI is InChI=1S/C20H25N3OS2.2ClH/c1-13-21-17(11-25-13)12-26-19-7-3-14(4-8-19)20(24)23(2)18-9-15-5-6-16(10-18)22-15;;/h3-4,7-8,11,15-16,18,22H,5-6,9-10,12H2,1-2H3;2*1H. The van der Waals surface area contributed by atoms with E-state index in [4.69, 9.17) is 0 Å². The van der Waals surface area contributed by atoms with E-state index < -0.39 is 0 Å². The number of carbonyl (C=O) groups is 1. The van der Waals surface area contributed by atoms with Crippen LogP contribution in [0.1, 0.15) is 46.7 Å². The molecule has 0 saturated carbocycles. The Kier molecular flexibility index (Phi) is 8.64. The smallest absolute Gasteiger partial charge is 0.253 e. The molecule has 2 fully saturated rings. The van der Waals surface area contributed by atoms with Crippen LogP contribution in [0.25, 0.3) is 0 Å². The van der Waals surface area contributed by atoms with Gasteiger partial charge in [-0.05, 0) is 56.9 Å². The van der Waals surface area contributed by atoms with Crippen LogP contribution in [0, 0.1) is 6.92 Å². The zero-order valence-electron chi connectivity index (χ0n) is 16.1. The van der Waals surface area contributed by atoms with Crippen molar-refractivity contribution in [2.45, 2.75) is 61.4 Å². The minimum Gasteiger partial charge on any atom is -0.339 e. The van der Waals surface area contributed by atoms with Crippen molar-refractivity contribution in [1.29, 1.82) is 0 Å². The number of nitrogens with zero attached hydrogens (tertiary/aromatic N) is 2. The summed E-state index contributed by atoms with van der Waals surface area (Å²) in [5, 5.41) is 6.87. The lowest BCUT2D eigenvalue weighted by Gasteiger charge is -2.35. The van der Waals surface area contributed by atoms with Crippen molar-refractivity contribution < 1.29 is 4.79 Å². The molecule has 0 radical (unpaired) electrons. The average molecular weight is 460 g/mol. The quantitative estimate of drug-likeness (QED) is 0.642. The van der Waals surface area contributed by atoms with Gasteiger partial charge in [-0.25, -0.2) is 4.98 Å². The highest BCUT2D eigenvalue weighted by molar-refractivity contribution is 7.98. The van der Waals surface area contributed by atoms with Gasteiger partial charge in [0, 0.05) is 46.8 Å². The van der Waals surface area contributed by atoms with Gasteiger partial charge in [0.05, 0.1) is 10.7 Å². The Bertz CT molecular complexity index is 772. The molecule has 28 heavy (non-hydrogen) atoms. The molecule has 4 nitrogen and oxygen atoms in total. The summed E-state index contributed by atoms with van der Waals surface area (Å²) < 4.78 is 0. The highest BCUT2D eigenvalue weighted by Gasteiger charge is 2.36. The van der Waals surface area contributed by atoms with E-state index >= 15 is 0 Å². The summed E-state index contributed by atoms with van der Waals surface area (Å²) >= 11 is 3.45. The van der Waals surface area contributed by atoms with E-state index in [-0.39, 0.29) is 30.7 Å². The van der Waals surface area contributed by atoms with Crippen LogP contribution in [0.5, 0.6) is 0 Å². The number of hydrogen-bond donors (Lipinski definition) is 1. The average Bonchev–Trinajstić information content (AvgIpc) is 3.23. The van der Waals surface area contributed by atoms with Crippen LogP contribution >= 0.6 is 47.9 Å². The molecule has 2 aromatic rings. The molecule has 154 valence electrons. The van der Waals surface area contributed by atoms with Crippen molar-refractivity contribution in [1.82, 2.24) is 15.2 Å². The minimum absolute atomic E-state index is 0. The number of thioether (sulfide) groups is 1. The van der Waals surface area contributed by atoms with Gasteiger partial charge in [-0.3, -0.25) is 4.79 Å². The number of aromatic nitrogens is 1. The van der Waals surface area contributed by atoms with Gasteiger partial charge in [0.2, 0.25) is 0 Å². The van der Waals surface area contributed by atoms with Crippen molar-refractivity contribution in [2.75, 3.05) is 7.05 Å². The van der Waals surface area contributed by atoms with E-state index in [0.29, 0.717) is 18.1 Å². The monoisotopic (exact) mass is 459 g/mol. The van der Waals surface area contributed by atoms with Crippen LogP contribution in [0.15, 0.2) is 34.5 Å². The Hall–Kier alpha value is -0.790. The summed E-state index contributed by atoms with van der Waals surface area (Å²) in [4.78, 5) is 20.5. The van der Waals surface area contributed by atoms with E-state index in [0.717, 1.165) is 34.9 Å². The summed E-state index contributed by atoms with van der Waals surface area (Å²) in [6.07, 6.45) is 4.68. The first-order valence-corrected chi connectivity index (χ1v) is 11.1. The molecule has 8 heteroatoms. The number of amides is 1. The molecule has 0 spiro atoms. The molecule has 1 N–H and O–H groups in total. The first-order chi connectivity index (χ1) is 12.6. The van der Waals surface area contributed by atoms with Gasteiger partial charge >= 0.3 is 0 Å². The minimum atomic E-state index is 0. The topological polar surface area (TPSA) is 45.2 Å². The molecule has 2 aliphatic rings. The van der Waals surface area contributed by atoms with E-state index in [1.54, 1.807) is 23.1 Å². The van der Waals surface area contributed by atoms with E-state index in [9.17, 15) is 4.79 Å². The molecule has 2 bridgehead atoms. The maximum atomic E-state index is 12.9. The number of piperidine rings is 1. The first kappa shape index (κ1) is 23.5. The summed E-state index contributed by atoms with van der Waals surface area (Å²) in [5.41, 5.74) is 1.91. The van der Waals surface area contributed by atoms with Gasteiger partial charge in [0.1, 0.15) is 0 Å². The first-order valence-electron chi connectivity index (χ1n) is 9.25. The number of fused-ring (bicyclic) bond motifs is 2.